The minimum atomic E-state index is 0.534. The van der Waals surface area contributed by atoms with Crippen LogP contribution in [-0.4, -0.2) is 24.5 Å². The van der Waals surface area contributed by atoms with Crippen molar-refractivity contribution in [2.75, 3.05) is 0 Å². The highest BCUT2D eigenvalue weighted by atomic mass is 16.3. The Hall–Kier alpha value is -7.44. The maximum absolute atomic E-state index is 6.21. The van der Waals surface area contributed by atoms with E-state index in [0.29, 0.717) is 23.1 Å². The molecule has 0 aliphatic heterocycles. The van der Waals surface area contributed by atoms with Gasteiger partial charge in [0.2, 0.25) is 0 Å². The lowest BCUT2D eigenvalue weighted by Crippen LogP contribution is -2.01. The second-order valence-electron chi connectivity index (χ2n) is 13.5. The Kier molecular flexibility index (Phi) is 6.75. The molecule has 0 spiro atoms. The summed E-state index contributed by atoms with van der Waals surface area (Å²) in [4.78, 5) is 19.9. The van der Waals surface area contributed by atoms with Gasteiger partial charge in [-0.3, -0.25) is 4.98 Å². The summed E-state index contributed by atoms with van der Waals surface area (Å²) in [6.45, 7) is 0. The topological polar surface area (TPSA) is 69.6 Å². The van der Waals surface area contributed by atoms with Crippen LogP contribution in [0.25, 0.3) is 105 Å². The summed E-state index contributed by atoms with van der Waals surface area (Å²) in [6, 6.07) is 57.0. The van der Waals surface area contributed by atoms with Crippen LogP contribution in [0, 0.1) is 0 Å². The first-order valence-corrected chi connectivity index (χ1v) is 18.0. The maximum Gasteiger partial charge on any atom is 0.166 e. The predicted octanol–water partition coefficient (Wildman–Crippen LogP) is 12.1. The van der Waals surface area contributed by atoms with E-state index in [1.165, 1.54) is 21.8 Å². The van der Waals surface area contributed by atoms with Crippen molar-refractivity contribution < 1.29 is 4.42 Å². The number of para-hydroxylation sites is 3. The summed E-state index contributed by atoms with van der Waals surface area (Å²) in [6.07, 6.45) is 3.58. The second-order valence-corrected chi connectivity index (χ2v) is 13.5. The van der Waals surface area contributed by atoms with Crippen LogP contribution in [0.4, 0.5) is 0 Å². The Morgan fingerprint density at radius 3 is 1.81 bits per heavy atom. The molecule has 0 saturated carbocycles. The van der Waals surface area contributed by atoms with Gasteiger partial charge in [-0.2, -0.15) is 0 Å². The molecule has 0 bridgehead atoms. The molecule has 4 heterocycles. The Labute approximate surface area is 309 Å². The highest BCUT2D eigenvalue weighted by molar-refractivity contribution is 6.11. The zero-order valence-corrected chi connectivity index (χ0v) is 28.9. The molecule has 4 aromatic heterocycles. The number of furan rings is 1. The van der Waals surface area contributed by atoms with Gasteiger partial charge in [0.25, 0.3) is 0 Å². The molecule has 0 atom stereocenters. The number of hydrogen-bond acceptors (Lipinski definition) is 5. The zero-order valence-electron chi connectivity index (χ0n) is 28.9. The van der Waals surface area contributed by atoms with Crippen molar-refractivity contribution in [3.8, 4) is 51.0 Å². The number of benzene rings is 7. The highest BCUT2D eigenvalue weighted by Crippen LogP contribution is 2.37. The van der Waals surface area contributed by atoms with Gasteiger partial charge in [0, 0.05) is 50.1 Å². The van der Waals surface area contributed by atoms with E-state index in [0.717, 1.165) is 60.6 Å². The molecule has 6 nitrogen and oxygen atoms in total. The standard InChI is InChI=1S/C48H29N5O/c1-2-12-31-25-35(24-23-30(31)11-1)47-50-46(51-48(52-47)40-28-49-29-44-45(40)39-19-5-8-22-43(39)54-44)34-15-9-13-32(26-34)33-14-10-16-36(27-33)53-41-20-6-3-17-37(41)38-18-4-7-21-42(38)53/h1-29H. The molecule has 54 heavy (non-hydrogen) atoms. The molecular weight excluding hydrogens is 663 g/mol. The van der Waals surface area contributed by atoms with Crippen LogP contribution in [0.5, 0.6) is 0 Å². The van der Waals surface area contributed by atoms with Gasteiger partial charge in [-0.05, 0) is 64.4 Å². The normalized spacial score (nSPS) is 11.7. The molecule has 0 amide bonds. The summed E-state index contributed by atoms with van der Waals surface area (Å²) in [5, 5.41) is 6.67. The van der Waals surface area contributed by atoms with Gasteiger partial charge < -0.3 is 8.98 Å². The first kappa shape index (κ1) is 30.2. The van der Waals surface area contributed by atoms with Crippen LogP contribution in [0.15, 0.2) is 181 Å². The fourth-order valence-electron chi connectivity index (χ4n) is 7.79. The molecule has 11 rings (SSSR count). The molecule has 0 N–H and O–H groups in total. The first-order valence-electron chi connectivity index (χ1n) is 18.0. The van der Waals surface area contributed by atoms with Gasteiger partial charge in [-0.25, -0.2) is 15.0 Å². The van der Waals surface area contributed by atoms with E-state index in [1.807, 2.05) is 24.4 Å². The van der Waals surface area contributed by atoms with E-state index in [9.17, 15) is 0 Å². The Morgan fingerprint density at radius 2 is 1.02 bits per heavy atom. The molecule has 7 aromatic carbocycles. The molecule has 0 fully saturated rings. The molecule has 0 unspecified atom stereocenters. The van der Waals surface area contributed by atoms with Crippen molar-refractivity contribution in [1.82, 2.24) is 24.5 Å². The molecule has 0 radical (unpaired) electrons. The van der Waals surface area contributed by atoms with E-state index >= 15 is 0 Å². The molecule has 0 saturated heterocycles. The van der Waals surface area contributed by atoms with E-state index in [1.54, 1.807) is 6.20 Å². The minimum Gasteiger partial charge on any atom is -0.454 e. The molecule has 6 heteroatoms. The second kappa shape index (κ2) is 12.1. The van der Waals surface area contributed by atoms with Gasteiger partial charge in [-0.1, -0.05) is 121 Å². The Bertz CT molecular complexity index is 3200. The molecule has 11 aromatic rings. The third-order valence-corrected chi connectivity index (χ3v) is 10.3. The van der Waals surface area contributed by atoms with Crippen LogP contribution < -0.4 is 0 Å². The summed E-state index contributed by atoms with van der Waals surface area (Å²) in [5.41, 5.74) is 9.69. The summed E-state index contributed by atoms with van der Waals surface area (Å²) < 4.78 is 8.55. The number of aromatic nitrogens is 5. The monoisotopic (exact) mass is 691 g/mol. The molecule has 0 aliphatic carbocycles. The fourth-order valence-corrected chi connectivity index (χ4v) is 7.79. The van der Waals surface area contributed by atoms with Gasteiger partial charge in [0.05, 0.1) is 17.2 Å². The van der Waals surface area contributed by atoms with E-state index in [-0.39, 0.29) is 0 Å². The van der Waals surface area contributed by atoms with Crippen molar-refractivity contribution >= 4 is 54.5 Å². The summed E-state index contributed by atoms with van der Waals surface area (Å²) in [5.74, 6) is 1.70. The van der Waals surface area contributed by atoms with E-state index < -0.39 is 0 Å². The van der Waals surface area contributed by atoms with Crippen molar-refractivity contribution in [3.05, 3.63) is 176 Å². The number of rotatable bonds is 5. The number of nitrogens with zero attached hydrogens (tertiary/aromatic N) is 5. The van der Waals surface area contributed by atoms with Crippen molar-refractivity contribution in [3.63, 3.8) is 0 Å². The molecule has 252 valence electrons. The zero-order chi connectivity index (χ0) is 35.6. The van der Waals surface area contributed by atoms with Crippen LogP contribution >= 0.6 is 0 Å². The lowest BCUT2D eigenvalue weighted by molar-refractivity contribution is 0.667. The molecular formula is C48H29N5O. The lowest BCUT2D eigenvalue weighted by Gasteiger charge is -2.12. The predicted molar refractivity (Wildman–Crippen MR) is 218 cm³/mol. The number of pyridine rings is 1. The van der Waals surface area contributed by atoms with Crippen LogP contribution in [0.1, 0.15) is 0 Å². The number of hydrogen-bond donors (Lipinski definition) is 0. The largest absolute Gasteiger partial charge is 0.454 e. The highest BCUT2D eigenvalue weighted by Gasteiger charge is 2.19. The van der Waals surface area contributed by atoms with Crippen LogP contribution in [-0.2, 0) is 0 Å². The maximum atomic E-state index is 6.21. The SMILES string of the molecule is c1cc(-c2cccc(-n3c4ccccc4c4ccccc43)c2)cc(-c2nc(-c3ccc4ccccc4c3)nc(-c3cncc4oc5ccccc5c34)n2)c1. The number of fused-ring (bicyclic) bond motifs is 7. The van der Waals surface area contributed by atoms with Crippen molar-refractivity contribution in [2.45, 2.75) is 0 Å². The molecule has 0 aliphatic rings. The summed E-state index contributed by atoms with van der Waals surface area (Å²) in [7, 11) is 0. The van der Waals surface area contributed by atoms with E-state index in [4.69, 9.17) is 19.4 Å². The smallest absolute Gasteiger partial charge is 0.166 e. The van der Waals surface area contributed by atoms with Gasteiger partial charge in [0.1, 0.15) is 5.58 Å². The average Bonchev–Trinajstić information content (AvgIpc) is 3.80. The Morgan fingerprint density at radius 1 is 0.407 bits per heavy atom. The van der Waals surface area contributed by atoms with E-state index in [2.05, 4.69) is 155 Å². The van der Waals surface area contributed by atoms with Crippen LogP contribution in [0.3, 0.4) is 0 Å². The van der Waals surface area contributed by atoms with Gasteiger partial charge >= 0.3 is 0 Å². The third kappa shape index (κ3) is 4.89. The van der Waals surface area contributed by atoms with Crippen molar-refractivity contribution in [1.29, 1.82) is 0 Å². The fraction of sp³-hybridized carbons (Fsp3) is 0. The third-order valence-electron chi connectivity index (χ3n) is 10.3. The summed E-state index contributed by atoms with van der Waals surface area (Å²) >= 11 is 0. The van der Waals surface area contributed by atoms with Crippen molar-refractivity contribution in [2.24, 2.45) is 0 Å². The average molecular weight is 692 g/mol. The minimum absolute atomic E-state index is 0.534. The lowest BCUT2D eigenvalue weighted by atomic mass is 10.0. The quantitative estimate of drug-likeness (QED) is 0.180. The Balaban J connectivity index is 1.08. The van der Waals surface area contributed by atoms with Crippen LogP contribution in [0.2, 0.25) is 0 Å². The van der Waals surface area contributed by atoms with Gasteiger partial charge in [0.15, 0.2) is 23.1 Å². The first-order chi connectivity index (χ1) is 26.7. The van der Waals surface area contributed by atoms with Gasteiger partial charge in [-0.15, -0.1) is 0 Å².